The van der Waals surface area contributed by atoms with Crippen LogP contribution in [0.4, 0.5) is 10.3 Å². The lowest BCUT2D eigenvalue weighted by Gasteiger charge is -2.25. The first-order valence-corrected chi connectivity index (χ1v) is 10.1. The van der Waals surface area contributed by atoms with E-state index in [0.717, 1.165) is 32.1 Å². The molecule has 152 valence electrons. The molecular weight excluding hydrogens is 385 g/mol. The molecule has 0 bridgehead atoms. The van der Waals surface area contributed by atoms with Crippen molar-refractivity contribution < 1.29 is 9.18 Å². The number of hydrazone groups is 1. The van der Waals surface area contributed by atoms with Crippen LogP contribution in [0.5, 0.6) is 0 Å². The molecule has 9 heteroatoms. The monoisotopic (exact) mass is 405 g/mol. The van der Waals surface area contributed by atoms with E-state index < -0.39 is 5.82 Å². The average Bonchev–Trinajstić information content (AvgIpc) is 3.48. The zero-order chi connectivity index (χ0) is 20.7. The van der Waals surface area contributed by atoms with Gasteiger partial charge in [0.1, 0.15) is 17.6 Å². The van der Waals surface area contributed by atoms with E-state index in [0.29, 0.717) is 35.5 Å². The van der Waals surface area contributed by atoms with Crippen LogP contribution in [0.15, 0.2) is 35.8 Å². The van der Waals surface area contributed by atoms with E-state index in [1.807, 2.05) is 6.07 Å². The number of anilines is 1. The molecule has 30 heavy (non-hydrogen) atoms. The highest BCUT2D eigenvalue weighted by molar-refractivity contribution is 5.82. The van der Waals surface area contributed by atoms with Gasteiger partial charge in [0, 0.05) is 44.0 Å². The second kappa shape index (κ2) is 7.44. The van der Waals surface area contributed by atoms with E-state index in [4.69, 9.17) is 5.26 Å². The summed E-state index contributed by atoms with van der Waals surface area (Å²) in [4.78, 5) is 27.8. The van der Waals surface area contributed by atoms with Gasteiger partial charge in [-0.15, -0.1) is 0 Å². The quantitative estimate of drug-likeness (QED) is 0.777. The summed E-state index contributed by atoms with van der Waals surface area (Å²) >= 11 is 0. The van der Waals surface area contributed by atoms with Gasteiger partial charge in [-0.1, -0.05) is 0 Å². The molecule has 8 nitrogen and oxygen atoms in total. The summed E-state index contributed by atoms with van der Waals surface area (Å²) in [5, 5.41) is 14.9. The number of carbonyl (C=O) groups is 1. The van der Waals surface area contributed by atoms with Crippen molar-refractivity contribution >= 4 is 18.1 Å². The number of nitriles is 1. The molecule has 3 aliphatic rings. The van der Waals surface area contributed by atoms with Gasteiger partial charge in [-0.2, -0.15) is 10.4 Å². The lowest BCUT2D eigenvalue weighted by atomic mass is 10.0. The summed E-state index contributed by atoms with van der Waals surface area (Å²) in [6, 6.07) is 4.77. The van der Waals surface area contributed by atoms with Gasteiger partial charge in [-0.05, 0) is 42.4 Å². The molecular formula is C21H20FN7O. The minimum Gasteiger partial charge on any atom is -0.340 e. The van der Waals surface area contributed by atoms with Crippen molar-refractivity contribution in [1.29, 1.82) is 5.26 Å². The molecule has 3 atom stereocenters. The molecule has 1 aliphatic carbocycles. The Morgan fingerprint density at radius 2 is 2.03 bits per heavy atom. The normalized spacial score (nSPS) is 27.3. The number of hydrogen-bond acceptors (Lipinski definition) is 7. The van der Waals surface area contributed by atoms with Crippen molar-refractivity contribution in [1.82, 2.24) is 20.0 Å². The molecule has 4 heterocycles. The number of amides is 1. The minimum atomic E-state index is -0.412. The number of halogens is 1. The van der Waals surface area contributed by atoms with Crippen LogP contribution in [0.25, 0.3) is 0 Å². The van der Waals surface area contributed by atoms with Crippen LogP contribution in [0.1, 0.15) is 36.6 Å². The summed E-state index contributed by atoms with van der Waals surface area (Å²) in [6.07, 6.45) is 8.22. The number of carbonyl (C=O) groups excluding carboxylic acids is 1. The maximum atomic E-state index is 13.6. The molecule has 1 saturated heterocycles. The van der Waals surface area contributed by atoms with Gasteiger partial charge >= 0.3 is 0 Å². The summed E-state index contributed by atoms with van der Waals surface area (Å²) < 4.78 is 13.6. The third-order valence-electron chi connectivity index (χ3n) is 6.31. The number of rotatable bonds is 3. The van der Waals surface area contributed by atoms with Crippen LogP contribution >= 0.6 is 0 Å². The molecule has 0 spiro atoms. The van der Waals surface area contributed by atoms with Crippen LogP contribution in [0, 0.1) is 34.9 Å². The first kappa shape index (κ1) is 18.6. The molecule has 2 aromatic heterocycles. The Bertz CT molecular complexity index is 1040. The van der Waals surface area contributed by atoms with Crippen molar-refractivity contribution in [2.45, 2.75) is 25.3 Å². The lowest BCUT2D eigenvalue weighted by molar-refractivity contribution is -0.137. The number of aromatic nitrogens is 3. The number of nitrogens with zero attached hydrogens (tertiary/aromatic N) is 7. The van der Waals surface area contributed by atoms with Gasteiger partial charge < -0.3 is 4.90 Å². The molecule has 0 radical (unpaired) electrons. The van der Waals surface area contributed by atoms with E-state index in [-0.39, 0.29) is 17.9 Å². The first-order valence-electron chi connectivity index (χ1n) is 10.1. The van der Waals surface area contributed by atoms with E-state index in [1.165, 1.54) is 11.1 Å². The standard InChI is InChI=1S/C21H20FN7O/c22-17-7-14(9-24-10-17)19-2-4-26-29(19)20(30)13-5-15-11-28(12-16(15)6-13)21-25-3-1-18(8-23)27-21/h1,3-4,7,9-10,13,15-16,19H,2,5-6,11-12H2. The van der Waals surface area contributed by atoms with Gasteiger partial charge in [0.05, 0.1) is 12.2 Å². The van der Waals surface area contributed by atoms with Gasteiger partial charge in [0.2, 0.25) is 11.9 Å². The predicted octanol–water partition coefficient (Wildman–Crippen LogP) is 2.30. The fourth-order valence-electron chi connectivity index (χ4n) is 4.93. The Kier molecular flexibility index (Phi) is 4.62. The highest BCUT2D eigenvalue weighted by Crippen LogP contribution is 2.44. The van der Waals surface area contributed by atoms with E-state index in [9.17, 15) is 9.18 Å². The molecule has 5 rings (SSSR count). The molecule has 1 saturated carbocycles. The maximum absolute atomic E-state index is 13.6. The molecule has 1 amide bonds. The first-order chi connectivity index (χ1) is 14.6. The van der Waals surface area contributed by atoms with Crippen LogP contribution in [0.2, 0.25) is 0 Å². The maximum Gasteiger partial charge on any atom is 0.246 e. The van der Waals surface area contributed by atoms with Gasteiger partial charge in [0.15, 0.2) is 0 Å². The fourth-order valence-corrected chi connectivity index (χ4v) is 4.93. The van der Waals surface area contributed by atoms with Gasteiger partial charge in [0.25, 0.3) is 0 Å². The Balaban J connectivity index is 1.25. The summed E-state index contributed by atoms with van der Waals surface area (Å²) in [5.74, 6) is 0.844. The Hall–Kier alpha value is -3.41. The summed E-state index contributed by atoms with van der Waals surface area (Å²) in [6.45, 7) is 1.56. The highest BCUT2D eigenvalue weighted by atomic mass is 19.1. The third-order valence-corrected chi connectivity index (χ3v) is 6.31. The average molecular weight is 405 g/mol. The fraction of sp³-hybridized carbons (Fsp3) is 0.429. The van der Waals surface area contributed by atoms with E-state index >= 15 is 0 Å². The van der Waals surface area contributed by atoms with E-state index in [1.54, 1.807) is 24.7 Å². The second-order valence-corrected chi connectivity index (χ2v) is 8.12. The molecule has 2 aliphatic heterocycles. The number of pyridine rings is 1. The van der Waals surface area contributed by atoms with Crippen molar-refractivity contribution in [3.63, 3.8) is 0 Å². The second-order valence-electron chi connectivity index (χ2n) is 8.12. The molecule has 2 fully saturated rings. The largest absolute Gasteiger partial charge is 0.340 e. The van der Waals surface area contributed by atoms with Crippen molar-refractivity contribution in [2.24, 2.45) is 22.9 Å². The molecule has 3 unspecified atom stereocenters. The smallest absolute Gasteiger partial charge is 0.246 e. The van der Waals surface area contributed by atoms with Crippen LogP contribution in [-0.4, -0.2) is 45.2 Å². The van der Waals surface area contributed by atoms with Gasteiger partial charge in [-0.25, -0.2) is 19.4 Å². The van der Waals surface area contributed by atoms with Crippen LogP contribution < -0.4 is 4.90 Å². The zero-order valence-corrected chi connectivity index (χ0v) is 16.2. The van der Waals surface area contributed by atoms with Gasteiger partial charge in [-0.3, -0.25) is 9.78 Å². The third kappa shape index (κ3) is 3.28. The van der Waals surface area contributed by atoms with Crippen molar-refractivity contribution in [2.75, 3.05) is 18.0 Å². The lowest BCUT2D eigenvalue weighted by Crippen LogP contribution is -2.33. The molecule has 0 N–H and O–H groups in total. The number of hydrogen-bond donors (Lipinski definition) is 0. The summed E-state index contributed by atoms with van der Waals surface area (Å²) in [7, 11) is 0. The summed E-state index contributed by atoms with van der Waals surface area (Å²) in [5.41, 5.74) is 1.02. The van der Waals surface area contributed by atoms with Crippen LogP contribution in [-0.2, 0) is 4.79 Å². The van der Waals surface area contributed by atoms with Crippen LogP contribution in [0.3, 0.4) is 0 Å². The highest BCUT2D eigenvalue weighted by Gasteiger charge is 2.46. The Morgan fingerprint density at radius 3 is 2.77 bits per heavy atom. The van der Waals surface area contributed by atoms with E-state index in [2.05, 4.69) is 25.0 Å². The predicted molar refractivity (Wildman–Crippen MR) is 106 cm³/mol. The SMILES string of the molecule is N#Cc1ccnc(N2CC3CC(C(=O)N4N=CCC4c4cncc(F)c4)CC3C2)n1. The van der Waals surface area contributed by atoms with Crippen molar-refractivity contribution in [3.8, 4) is 6.07 Å². The van der Waals surface area contributed by atoms with Crippen molar-refractivity contribution in [3.05, 3.63) is 47.8 Å². The zero-order valence-electron chi connectivity index (χ0n) is 16.2. The topological polar surface area (TPSA) is 98.4 Å². The number of fused-ring (bicyclic) bond motifs is 1. The molecule has 0 aromatic carbocycles. The Morgan fingerprint density at radius 1 is 1.23 bits per heavy atom. The molecule has 2 aromatic rings. The minimum absolute atomic E-state index is 0.00156. The Labute approximate surface area is 173 Å².